The summed E-state index contributed by atoms with van der Waals surface area (Å²) in [7, 11) is 1.63. The van der Waals surface area contributed by atoms with E-state index < -0.39 is 17.6 Å². The number of ether oxygens (including phenoxy) is 4. The normalized spacial score (nSPS) is 16.0. The molecule has 0 radical (unpaired) electrons. The molecule has 0 spiro atoms. The van der Waals surface area contributed by atoms with Crippen molar-refractivity contribution in [3.8, 4) is 22.6 Å². The summed E-state index contributed by atoms with van der Waals surface area (Å²) in [6.07, 6.45) is -1.25. The number of hydrogen-bond acceptors (Lipinski definition) is 6. The zero-order valence-electron chi connectivity index (χ0n) is 27.2. The lowest BCUT2D eigenvalue weighted by atomic mass is 9.67. The minimum Gasteiger partial charge on any atom is -0.491 e. The van der Waals surface area contributed by atoms with Crippen LogP contribution in [-0.4, -0.2) is 81.5 Å². The maximum absolute atomic E-state index is 9.56. The molecule has 8 heteroatoms. The van der Waals surface area contributed by atoms with Gasteiger partial charge in [-0.15, -0.1) is 0 Å². The van der Waals surface area contributed by atoms with Crippen LogP contribution in [0, 0.1) is 0 Å². The predicted octanol–water partition coefficient (Wildman–Crippen LogP) is 2.36. The van der Waals surface area contributed by atoms with Crippen molar-refractivity contribution < 1.29 is 29.2 Å². The van der Waals surface area contributed by atoms with Crippen molar-refractivity contribution in [1.29, 1.82) is 0 Å². The lowest BCUT2D eigenvalue weighted by Crippen LogP contribution is -2.31. The summed E-state index contributed by atoms with van der Waals surface area (Å²) in [5.41, 5.74) is 6.99. The number of benzene rings is 4. The molecule has 1 aliphatic rings. The number of fused-ring (bicyclic) bond motifs is 3. The molecule has 0 aliphatic heterocycles. The van der Waals surface area contributed by atoms with Gasteiger partial charge in [-0.3, -0.25) is 0 Å². The Balaban J connectivity index is 1.53. The molecule has 6 nitrogen and oxygen atoms in total. The van der Waals surface area contributed by atoms with Gasteiger partial charge in [0.15, 0.2) is 0 Å². The van der Waals surface area contributed by atoms with Gasteiger partial charge in [-0.1, -0.05) is 72.8 Å². The van der Waals surface area contributed by atoms with Crippen molar-refractivity contribution in [3.05, 3.63) is 107 Å². The van der Waals surface area contributed by atoms with E-state index in [4.69, 9.17) is 18.9 Å². The molecule has 0 aromatic heterocycles. The molecule has 0 fully saturated rings. The Bertz CT molecular complexity index is 1480. The van der Waals surface area contributed by atoms with Crippen LogP contribution in [0.25, 0.3) is 11.1 Å². The highest BCUT2D eigenvalue weighted by molar-refractivity contribution is 6.34. The van der Waals surface area contributed by atoms with E-state index in [2.05, 4.69) is 84.9 Å². The maximum Gasteiger partial charge on any atom is 0.117 e. The standard InChI is InChI=1S/C37H46O6Si2/c1-23(38)19-40-25(3)21-42-33-15-13-27(17-35(33)44)37(31-11-7-5-9-29(31)30-10-6-8-12-32(30)37)28-14-16-34(36(45)18-28)43-22-26(4)41-20-24(2)39/h5-18,23-26,38-39H,19-22H2,1-4,44-45H3. The highest BCUT2D eigenvalue weighted by Crippen LogP contribution is 2.55. The van der Waals surface area contributed by atoms with E-state index in [-0.39, 0.29) is 12.2 Å². The van der Waals surface area contributed by atoms with Gasteiger partial charge in [-0.2, -0.15) is 0 Å². The fraction of sp³-hybridized carbons (Fsp3) is 0.351. The topological polar surface area (TPSA) is 77.4 Å². The molecule has 238 valence electrons. The first-order valence-electron chi connectivity index (χ1n) is 15.9. The van der Waals surface area contributed by atoms with Crippen LogP contribution < -0.4 is 19.8 Å². The number of rotatable bonds is 14. The Hall–Kier alpha value is -3.25. The van der Waals surface area contributed by atoms with Gasteiger partial charge in [0.25, 0.3) is 0 Å². The largest absolute Gasteiger partial charge is 0.491 e. The summed E-state index contributed by atoms with van der Waals surface area (Å²) < 4.78 is 23.9. The van der Waals surface area contributed by atoms with Crippen LogP contribution in [0.1, 0.15) is 49.9 Å². The summed E-state index contributed by atoms with van der Waals surface area (Å²) in [5.74, 6) is 1.76. The molecule has 5 rings (SSSR count). The second-order valence-corrected chi connectivity index (χ2v) is 14.6. The summed E-state index contributed by atoms with van der Waals surface area (Å²) in [5, 5.41) is 21.5. The van der Waals surface area contributed by atoms with E-state index in [1.54, 1.807) is 13.8 Å². The van der Waals surface area contributed by atoms with Gasteiger partial charge in [0.05, 0.1) is 43.0 Å². The summed E-state index contributed by atoms with van der Waals surface area (Å²) in [4.78, 5) is 0. The molecule has 0 heterocycles. The Morgan fingerprint density at radius 2 is 0.978 bits per heavy atom. The summed E-state index contributed by atoms with van der Waals surface area (Å²) >= 11 is 0. The van der Waals surface area contributed by atoms with E-state index in [1.807, 2.05) is 13.8 Å². The van der Waals surface area contributed by atoms with Gasteiger partial charge < -0.3 is 29.2 Å². The molecule has 4 unspecified atom stereocenters. The van der Waals surface area contributed by atoms with Crippen molar-refractivity contribution in [2.24, 2.45) is 0 Å². The smallest absolute Gasteiger partial charge is 0.117 e. The van der Waals surface area contributed by atoms with Gasteiger partial charge in [0.1, 0.15) is 24.7 Å². The van der Waals surface area contributed by atoms with E-state index in [0.29, 0.717) is 26.4 Å². The molecular formula is C37H46O6Si2. The monoisotopic (exact) mass is 642 g/mol. The van der Waals surface area contributed by atoms with E-state index >= 15 is 0 Å². The molecule has 0 bridgehead atoms. The second-order valence-electron chi connectivity index (χ2n) is 12.4. The van der Waals surface area contributed by atoms with Crippen LogP contribution in [0.3, 0.4) is 0 Å². The summed E-state index contributed by atoms with van der Waals surface area (Å²) in [6.45, 7) is 8.80. The van der Waals surface area contributed by atoms with Crippen LogP contribution in [0.2, 0.25) is 0 Å². The van der Waals surface area contributed by atoms with Crippen LogP contribution in [-0.2, 0) is 14.9 Å². The van der Waals surface area contributed by atoms with E-state index in [1.165, 1.54) is 43.8 Å². The van der Waals surface area contributed by atoms with Crippen LogP contribution in [0.4, 0.5) is 0 Å². The third kappa shape index (κ3) is 7.11. The maximum atomic E-state index is 9.56. The van der Waals surface area contributed by atoms with Gasteiger partial charge >= 0.3 is 0 Å². The molecule has 4 aromatic rings. The van der Waals surface area contributed by atoms with Gasteiger partial charge in [0.2, 0.25) is 0 Å². The van der Waals surface area contributed by atoms with Gasteiger partial charge in [0, 0.05) is 20.5 Å². The lowest BCUT2D eigenvalue weighted by molar-refractivity contribution is -0.0130. The molecule has 2 N–H and O–H groups in total. The fourth-order valence-corrected chi connectivity index (χ4v) is 7.47. The molecule has 45 heavy (non-hydrogen) atoms. The number of aliphatic hydroxyl groups excluding tert-OH is 2. The summed E-state index contributed by atoms with van der Waals surface area (Å²) in [6, 6.07) is 30.8. The lowest BCUT2D eigenvalue weighted by Gasteiger charge is -2.35. The highest BCUT2D eigenvalue weighted by Gasteiger charge is 2.46. The molecule has 4 aromatic carbocycles. The predicted molar refractivity (Wildman–Crippen MR) is 188 cm³/mol. The van der Waals surface area contributed by atoms with Gasteiger partial charge in [-0.25, -0.2) is 0 Å². The third-order valence-electron chi connectivity index (χ3n) is 8.36. The zero-order valence-corrected chi connectivity index (χ0v) is 31.2. The molecule has 4 atom stereocenters. The number of hydrogen-bond donors (Lipinski definition) is 2. The third-order valence-corrected chi connectivity index (χ3v) is 9.92. The molecule has 0 amide bonds. The average molecular weight is 643 g/mol. The van der Waals surface area contributed by atoms with Crippen molar-refractivity contribution in [3.63, 3.8) is 0 Å². The first-order chi connectivity index (χ1) is 21.6. The van der Waals surface area contributed by atoms with E-state index in [0.717, 1.165) is 32.0 Å². The fourth-order valence-electron chi connectivity index (χ4n) is 6.23. The highest BCUT2D eigenvalue weighted by atomic mass is 28.1. The van der Waals surface area contributed by atoms with Crippen molar-refractivity contribution in [2.75, 3.05) is 26.4 Å². The molecular weight excluding hydrogens is 597 g/mol. The second kappa shape index (κ2) is 14.5. The van der Waals surface area contributed by atoms with Crippen LogP contribution in [0.15, 0.2) is 84.9 Å². The van der Waals surface area contributed by atoms with Crippen molar-refractivity contribution >= 4 is 30.9 Å². The average Bonchev–Trinajstić information content (AvgIpc) is 3.32. The Morgan fingerprint density at radius 1 is 0.578 bits per heavy atom. The minimum atomic E-state index is -0.500. The quantitative estimate of drug-likeness (QED) is 0.181. The molecule has 1 aliphatic carbocycles. The van der Waals surface area contributed by atoms with Crippen LogP contribution in [0.5, 0.6) is 11.5 Å². The minimum absolute atomic E-state index is 0.124. The Labute approximate surface area is 273 Å². The molecule has 0 saturated heterocycles. The first kappa shape index (κ1) is 33.1. The zero-order chi connectivity index (χ0) is 32.1. The van der Waals surface area contributed by atoms with Gasteiger partial charge in [-0.05, 0) is 83.6 Å². The van der Waals surface area contributed by atoms with Crippen molar-refractivity contribution in [1.82, 2.24) is 0 Å². The Morgan fingerprint density at radius 3 is 1.36 bits per heavy atom. The SMILES string of the molecule is CC(O)COC(C)COc1ccc(C2(c3ccc(OCC(C)OCC(C)O)c([SiH3])c3)c3ccccc3-c3ccccc32)cc1[SiH3]. The van der Waals surface area contributed by atoms with Crippen LogP contribution >= 0.6 is 0 Å². The Kier molecular flexibility index (Phi) is 10.6. The first-order valence-corrected chi connectivity index (χ1v) is 17.9. The van der Waals surface area contributed by atoms with Crippen molar-refractivity contribution in [2.45, 2.75) is 57.5 Å². The number of aliphatic hydroxyl groups is 2. The van der Waals surface area contributed by atoms with E-state index in [9.17, 15) is 10.2 Å². The molecule has 0 saturated carbocycles.